The Morgan fingerprint density at radius 1 is 1.38 bits per heavy atom. The van der Waals surface area contributed by atoms with Gasteiger partial charge >= 0.3 is 0 Å². The fraction of sp³-hybridized carbons (Fsp3) is 0.583. The standard InChI is InChI=1S/C12H16ClNO2/c1-12(2,3)16-10-6-9(7-14-11(10)13)15-8-4-5-8/h6-8H,4-5H2,1-3H3. The normalized spacial score (nSPS) is 16.0. The van der Waals surface area contributed by atoms with Crippen LogP contribution in [0.1, 0.15) is 33.6 Å². The molecule has 4 heteroatoms. The lowest BCUT2D eigenvalue weighted by Crippen LogP contribution is -2.23. The van der Waals surface area contributed by atoms with Crippen LogP contribution in [0.5, 0.6) is 11.5 Å². The highest BCUT2D eigenvalue weighted by molar-refractivity contribution is 6.30. The van der Waals surface area contributed by atoms with E-state index in [0.29, 0.717) is 17.0 Å². The van der Waals surface area contributed by atoms with Crippen LogP contribution >= 0.6 is 11.6 Å². The number of hydrogen-bond donors (Lipinski definition) is 0. The second-order valence-corrected chi connectivity index (χ2v) is 5.35. The minimum absolute atomic E-state index is 0.288. The molecule has 1 heterocycles. The van der Waals surface area contributed by atoms with Gasteiger partial charge < -0.3 is 9.47 Å². The molecule has 0 spiro atoms. The van der Waals surface area contributed by atoms with E-state index in [-0.39, 0.29) is 5.60 Å². The number of aromatic nitrogens is 1. The first-order chi connectivity index (χ1) is 7.44. The molecule has 0 atom stereocenters. The van der Waals surface area contributed by atoms with Crippen LogP contribution in [0.2, 0.25) is 5.15 Å². The summed E-state index contributed by atoms with van der Waals surface area (Å²) in [4.78, 5) is 4.06. The van der Waals surface area contributed by atoms with E-state index in [2.05, 4.69) is 4.98 Å². The molecule has 0 radical (unpaired) electrons. The topological polar surface area (TPSA) is 31.4 Å². The molecule has 16 heavy (non-hydrogen) atoms. The van der Waals surface area contributed by atoms with Crippen LogP contribution in [0.4, 0.5) is 0 Å². The Morgan fingerprint density at radius 3 is 2.62 bits per heavy atom. The average molecular weight is 242 g/mol. The van der Waals surface area contributed by atoms with Gasteiger partial charge in [-0.1, -0.05) is 11.6 Å². The predicted octanol–water partition coefficient (Wildman–Crippen LogP) is 3.45. The van der Waals surface area contributed by atoms with Crippen molar-refractivity contribution in [2.24, 2.45) is 0 Å². The third kappa shape index (κ3) is 3.27. The number of pyridine rings is 1. The quantitative estimate of drug-likeness (QED) is 0.760. The molecule has 0 aromatic carbocycles. The van der Waals surface area contributed by atoms with E-state index in [1.54, 1.807) is 12.3 Å². The SMILES string of the molecule is CC(C)(C)Oc1cc(OC2CC2)cnc1Cl. The van der Waals surface area contributed by atoms with Crippen LogP contribution in [0.25, 0.3) is 0 Å². The average Bonchev–Trinajstić information content (AvgIpc) is 2.92. The van der Waals surface area contributed by atoms with E-state index in [1.165, 1.54) is 0 Å². The summed E-state index contributed by atoms with van der Waals surface area (Å²) in [5, 5.41) is 0.373. The van der Waals surface area contributed by atoms with Gasteiger partial charge in [-0.2, -0.15) is 0 Å². The van der Waals surface area contributed by atoms with Gasteiger partial charge in [0.2, 0.25) is 0 Å². The van der Waals surface area contributed by atoms with E-state index < -0.39 is 0 Å². The van der Waals surface area contributed by atoms with Crippen molar-refractivity contribution in [2.75, 3.05) is 0 Å². The van der Waals surface area contributed by atoms with Crippen molar-refractivity contribution in [2.45, 2.75) is 45.3 Å². The first-order valence-corrected chi connectivity index (χ1v) is 5.83. The number of nitrogens with zero attached hydrogens (tertiary/aromatic N) is 1. The van der Waals surface area contributed by atoms with Crippen molar-refractivity contribution in [3.8, 4) is 11.5 Å². The Kier molecular flexibility index (Phi) is 2.98. The van der Waals surface area contributed by atoms with Crippen molar-refractivity contribution in [1.82, 2.24) is 4.98 Å². The Hall–Kier alpha value is -0.960. The molecule has 1 fully saturated rings. The first kappa shape index (κ1) is 11.5. The minimum Gasteiger partial charge on any atom is -0.489 e. The largest absolute Gasteiger partial charge is 0.489 e. The Morgan fingerprint density at radius 2 is 2.06 bits per heavy atom. The summed E-state index contributed by atoms with van der Waals surface area (Å²) in [6, 6.07) is 1.80. The van der Waals surface area contributed by atoms with Crippen LogP contribution in [-0.2, 0) is 0 Å². The van der Waals surface area contributed by atoms with Crippen LogP contribution in [0, 0.1) is 0 Å². The molecule has 1 aliphatic carbocycles. The van der Waals surface area contributed by atoms with Crippen molar-refractivity contribution < 1.29 is 9.47 Å². The molecule has 1 aromatic heterocycles. The lowest BCUT2D eigenvalue weighted by Gasteiger charge is -2.22. The monoisotopic (exact) mass is 241 g/mol. The first-order valence-electron chi connectivity index (χ1n) is 5.45. The van der Waals surface area contributed by atoms with Gasteiger partial charge in [-0.15, -0.1) is 0 Å². The van der Waals surface area contributed by atoms with E-state index in [4.69, 9.17) is 21.1 Å². The fourth-order valence-corrected chi connectivity index (χ4v) is 1.40. The zero-order chi connectivity index (χ0) is 11.8. The van der Waals surface area contributed by atoms with E-state index in [1.807, 2.05) is 20.8 Å². The third-order valence-corrected chi connectivity index (χ3v) is 2.31. The molecule has 3 nitrogen and oxygen atoms in total. The number of rotatable bonds is 3. The van der Waals surface area contributed by atoms with Gasteiger partial charge in [-0.3, -0.25) is 0 Å². The number of hydrogen-bond acceptors (Lipinski definition) is 3. The summed E-state index contributed by atoms with van der Waals surface area (Å²) >= 11 is 5.96. The summed E-state index contributed by atoms with van der Waals surface area (Å²) < 4.78 is 11.3. The molecule has 0 unspecified atom stereocenters. The minimum atomic E-state index is -0.288. The van der Waals surface area contributed by atoms with Gasteiger partial charge in [-0.25, -0.2) is 4.98 Å². The molecule has 1 saturated carbocycles. The lowest BCUT2D eigenvalue weighted by atomic mass is 10.2. The molecule has 0 bridgehead atoms. The zero-order valence-corrected chi connectivity index (χ0v) is 10.5. The van der Waals surface area contributed by atoms with Crippen LogP contribution < -0.4 is 9.47 Å². The van der Waals surface area contributed by atoms with Crippen LogP contribution in [-0.4, -0.2) is 16.7 Å². The molecule has 1 aliphatic rings. The third-order valence-electron chi connectivity index (χ3n) is 2.03. The second-order valence-electron chi connectivity index (χ2n) is 4.99. The molecule has 0 amide bonds. The van der Waals surface area contributed by atoms with Gasteiger partial charge in [0.25, 0.3) is 0 Å². The lowest BCUT2D eigenvalue weighted by molar-refractivity contribution is 0.129. The Labute approximate surface area is 101 Å². The van der Waals surface area contributed by atoms with Gasteiger partial charge in [-0.05, 0) is 33.6 Å². The predicted molar refractivity (Wildman–Crippen MR) is 63.3 cm³/mol. The highest BCUT2D eigenvalue weighted by atomic mass is 35.5. The summed E-state index contributed by atoms with van der Waals surface area (Å²) in [6.07, 6.45) is 4.23. The molecule has 88 valence electrons. The highest BCUT2D eigenvalue weighted by Crippen LogP contribution is 2.32. The van der Waals surface area contributed by atoms with Crippen LogP contribution in [0.15, 0.2) is 12.3 Å². The molecule has 0 saturated heterocycles. The van der Waals surface area contributed by atoms with Crippen molar-refractivity contribution in [3.63, 3.8) is 0 Å². The zero-order valence-electron chi connectivity index (χ0n) is 9.79. The van der Waals surface area contributed by atoms with Crippen LogP contribution in [0.3, 0.4) is 0 Å². The molecule has 2 rings (SSSR count). The fourth-order valence-electron chi connectivity index (χ4n) is 1.25. The highest BCUT2D eigenvalue weighted by Gasteiger charge is 2.24. The van der Waals surface area contributed by atoms with Gasteiger partial charge in [0, 0.05) is 6.07 Å². The second kappa shape index (κ2) is 4.13. The van der Waals surface area contributed by atoms with Crippen molar-refractivity contribution in [3.05, 3.63) is 17.4 Å². The maximum atomic E-state index is 5.96. The van der Waals surface area contributed by atoms with Crippen molar-refractivity contribution in [1.29, 1.82) is 0 Å². The molecule has 0 N–H and O–H groups in total. The summed E-state index contributed by atoms with van der Waals surface area (Å²) in [6.45, 7) is 5.91. The van der Waals surface area contributed by atoms with E-state index >= 15 is 0 Å². The van der Waals surface area contributed by atoms with E-state index in [0.717, 1.165) is 18.6 Å². The van der Waals surface area contributed by atoms with E-state index in [9.17, 15) is 0 Å². The maximum absolute atomic E-state index is 5.96. The van der Waals surface area contributed by atoms with Gasteiger partial charge in [0.05, 0.1) is 12.3 Å². The molecule has 1 aromatic rings. The molecule has 0 aliphatic heterocycles. The Bertz CT molecular complexity index is 383. The Balaban J connectivity index is 2.14. The summed E-state index contributed by atoms with van der Waals surface area (Å²) in [5.41, 5.74) is -0.288. The van der Waals surface area contributed by atoms with Gasteiger partial charge in [0.1, 0.15) is 11.4 Å². The summed E-state index contributed by atoms with van der Waals surface area (Å²) in [5.74, 6) is 1.30. The van der Waals surface area contributed by atoms with Crippen molar-refractivity contribution >= 4 is 11.6 Å². The smallest absolute Gasteiger partial charge is 0.171 e. The van der Waals surface area contributed by atoms with Gasteiger partial charge in [0.15, 0.2) is 10.9 Å². The molecular formula is C12H16ClNO2. The number of halogens is 1. The maximum Gasteiger partial charge on any atom is 0.171 e. The molecular weight excluding hydrogens is 226 g/mol. The summed E-state index contributed by atoms with van der Waals surface area (Å²) in [7, 11) is 0. The number of ether oxygens (including phenoxy) is 2.